The number of hydrogen-bond donors (Lipinski definition) is 1. The Morgan fingerprint density at radius 1 is 1.39 bits per heavy atom. The second-order valence-electron chi connectivity index (χ2n) is 4.41. The van der Waals surface area contributed by atoms with E-state index in [9.17, 15) is 0 Å². The lowest BCUT2D eigenvalue weighted by Crippen LogP contribution is -2.10. The fourth-order valence-corrected chi connectivity index (χ4v) is 1.95. The molecule has 0 aromatic carbocycles. The van der Waals surface area contributed by atoms with E-state index in [4.69, 9.17) is 5.73 Å². The SMILES string of the molecule is CCCC(N)c1cn(Cc2cncn2CC)nn1. The Morgan fingerprint density at radius 3 is 2.94 bits per heavy atom. The first-order valence-electron chi connectivity index (χ1n) is 6.39. The maximum absolute atomic E-state index is 6.01. The van der Waals surface area contributed by atoms with E-state index in [-0.39, 0.29) is 6.04 Å². The van der Waals surface area contributed by atoms with Crippen molar-refractivity contribution in [2.75, 3.05) is 0 Å². The van der Waals surface area contributed by atoms with Gasteiger partial charge in [0, 0.05) is 6.54 Å². The zero-order valence-corrected chi connectivity index (χ0v) is 11.0. The van der Waals surface area contributed by atoms with Crippen LogP contribution in [0.4, 0.5) is 0 Å². The highest BCUT2D eigenvalue weighted by Gasteiger charge is 2.10. The summed E-state index contributed by atoms with van der Waals surface area (Å²) >= 11 is 0. The van der Waals surface area contributed by atoms with Crippen LogP contribution in [0.2, 0.25) is 0 Å². The second kappa shape index (κ2) is 5.77. The summed E-state index contributed by atoms with van der Waals surface area (Å²) < 4.78 is 3.90. The maximum Gasteiger partial charge on any atom is 0.0994 e. The molecule has 18 heavy (non-hydrogen) atoms. The van der Waals surface area contributed by atoms with Gasteiger partial charge in [-0.1, -0.05) is 18.6 Å². The lowest BCUT2D eigenvalue weighted by molar-refractivity contribution is 0.600. The molecule has 0 bridgehead atoms. The normalized spacial score (nSPS) is 12.8. The highest BCUT2D eigenvalue weighted by molar-refractivity contribution is 5.03. The number of hydrogen-bond acceptors (Lipinski definition) is 4. The minimum atomic E-state index is -0.0140. The third-order valence-corrected chi connectivity index (χ3v) is 3.00. The van der Waals surface area contributed by atoms with E-state index in [0.29, 0.717) is 6.54 Å². The van der Waals surface area contributed by atoms with Gasteiger partial charge in [0.1, 0.15) is 0 Å². The molecular formula is C12H20N6. The lowest BCUT2D eigenvalue weighted by atomic mass is 10.1. The standard InChI is InChI=1S/C12H20N6/c1-3-5-11(13)12-8-18(16-15-12)7-10-6-14-9-17(10)4-2/h6,8-9,11H,3-5,7,13H2,1-2H3. The second-order valence-corrected chi connectivity index (χ2v) is 4.41. The number of nitrogens with two attached hydrogens (primary N) is 1. The third-order valence-electron chi connectivity index (χ3n) is 3.00. The Morgan fingerprint density at radius 2 is 2.22 bits per heavy atom. The van der Waals surface area contributed by atoms with Gasteiger partial charge in [-0.15, -0.1) is 5.10 Å². The van der Waals surface area contributed by atoms with Crippen LogP contribution in [0.15, 0.2) is 18.7 Å². The summed E-state index contributed by atoms with van der Waals surface area (Å²) in [4.78, 5) is 4.14. The fourth-order valence-electron chi connectivity index (χ4n) is 1.95. The Bertz CT molecular complexity index is 486. The van der Waals surface area contributed by atoms with Gasteiger partial charge in [-0.25, -0.2) is 9.67 Å². The van der Waals surface area contributed by atoms with E-state index in [1.807, 2.05) is 23.4 Å². The molecule has 6 heteroatoms. The van der Waals surface area contributed by atoms with Crippen LogP contribution >= 0.6 is 0 Å². The molecule has 2 heterocycles. The Hall–Kier alpha value is -1.69. The summed E-state index contributed by atoms with van der Waals surface area (Å²) in [7, 11) is 0. The highest BCUT2D eigenvalue weighted by atomic mass is 15.4. The van der Waals surface area contributed by atoms with Crippen molar-refractivity contribution < 1.29 is 0 Å². The average molecular weight is 248 g/mol. The summed E-state index contributed by atoms with van der Waals surface area (Å²) in [5, 5.41) is 8.24. The predicted octanol–water partition coefficient (Wildman–Crippen LogP) is 1.34. The molecule has 0 aliphatic heterocycles. The first-order chi connectivity index (χ1) is 8.74. The van der Waals surface area contributed by atoms with E-state index in [1.54, 1.807) is 0 Å². The molecule has 2 aromatic rings. The van der Waals surface area contributed by atoms with Gasteiger partial charge in [-0.3, -0.25) is 0 Å². The molecule has 1 unspecified atom stereocenters. The Labute approximate surface area is 107 Å². The van der Waals surface area contributed by atoms with Crippen molar-refractivity contribution in [2.24, 2.45) is 5.73 Å². The molecule has 2 aromatic heterocycles. The first-order valence-corrected chi connectivity index (χ1v) is 6.39. The highest BCUT2D eigenvalue weighted by Crippen LogP contribution is 2.12. The summed E-state index contributed by atoms with van der Waals surface area (Å²) in [5.74, 6) is 0. The summed E-state index contributed by atoms with van der Waals surface area (Å²) in [6, 6.07) is -0.0140. The van der Waals surface area contributed by atoms with Gasteiger partial charge in [-0.05, 0) is 13.3 Å². The average Bonchev–Trinajstić information content (AvgIpc) is 2.99. The van der Waals surface area contributed by atoms with Crippen molar-refractivity contribution in [1.82, 2.24) is 24.5 Å². The van der Waals surface area contributed by atoms with Crippen molar-refractivity contribution in [1.29, 1.82) is 0 Å². The van der Waals surface area contributed by atoms with Crippen LogP contribution < -0.4 is 5.73 Å². The Kier molecular flexibility index (Phi) is 4.09. The summed E-state index contributed by atoms with van der Waals surface area (Å²) in [5.41, 5.74) is 8.00. The molecule has 1 atom stereocenters. The number of nitrogens with zero attached hydrogens (tertiary/aromatic N) is 5. The van der Waals surface area contributed by atoms with E-state index in [2.05, 4.69) is 33.7 Å². The first kappa shape index (κ1) is 12.8. The van der Waals surface area contributed by atoms with Crippen molar-refractivity contribution >= 4 is 0 Å². The van der Waals surface area contributed by atoms with Crippen LogP contribution in [-0.4, -0.2) is 24.5 Å². The number of aryl methyl sites for hydroxylation is 1. The molecule has 0 radical (unpaired) electrons. The number of rotatable bonds is 6. The predicted molar refractivity (Wildman–Crippen MR) is 68.9 cm³/mol. The maximum atomic E-state index is 6.01. The van der Waals surface area contributed by atoms with Crippen LogP contribution in [0, 0.1) is 0 Å². The van der Waals surface area contributed by atoms with Crippen molar-refractivity contribution in [3.8, 4) is 0 Å². The van der Waals surface area contributed by atoms with Crippen molar-refractivity contribution in [3.63, 3.8) is 0 Å². The van der Waals surface area contributed by atoms with Gasteiger partial charge < -0.3 is 10.3 Å². The van der Waals surface area contributed by atoms with Gasteiger partial charge in [-0.2, -0.15) is 0 Å². The molecule has 0 saturated carbocycles. The van der Waals surface area contributed by atoms with Crippen LogP contribution in [-0.2, 0) is 13.1 Å². The molecule has 0 aliphatic rings. The van der Waals surface area contributed by atoms with Crippen LogP contribution in [0.1, 0.15) is 44.1 Å². The Balaban J connectivity index is 2.07. The quantitative estimate of drug-likeness (QED) is 0.837. The molecule has 6 nitrogen and oxygen atoms in total. The minimum Gasteiger partial charge on any atom is -0.333 e. The van der Waals surface area contributed by atoms with E-state index in [0.717, 1.165) is 30.8 Å². The van der Waals surface area contributed by atoms with Gasteiger partial charge in [0.2, 0.25) is 0 Å². The van der Waals surface area contributed by atoms with Crippen LogP contribution in [0.25, 0.3) is 0 Å². The molecule has 0 spiro atoms. The van der Waals surface area contributed by atoms with Crippen molar-refractivity contribution in [2.45, 2.75) is 45.8 Å². The molecule has 2 N–H and O–H groups in total. The van der Waals surface area contributed by atoms with Crippen LogP contribution in [0.5, 0.6) is 0 Å². The van der Waals surface area contributed by atoms with E-state index in [1.165, 1.54) is 0 Å². The van der Waals surface area contributed by atoms with Gasteiger partial charge in [0.05, 0.1) is 42.7 Å². The van der Waals surface area contributed by atoms with E-state index >= 15 is 0 Å². The zero-order chi connectivity index (χ0) is 13.0. The molecular weight excluding hydrogens is 228 g/mol. The summed E-state index contributed by atoms with van der Waals surface area (Å²) in [6.45, 7) is 5.80. The molecule has 98 valence electrons. The third kappa shape index (κ3) is 2.76. The van der Waals surface area contributed by atoms with Gasteiger partial charge in [0.15, 0.2) is 0 Å². The van der Waals surface area contributed by atoms with E-state index < -0.39 is 0 Å². The lowest BCUT2D eigenvalue weighted by Gasteiger charge is -2.05. The zero-order valence-electron chi connectivity index (χ0n) is 11.0. The van der Waals surface area contributed by atoms with Crippen molar-refractivity contribution in [3.05, 3.63) is 30.1 Å². The van der Waals surface area contributed by atoms with Gasteiger partial charge in [0.25, 0.3) is 0 Å². The monoisotopic (exact) mass is 248 g/mol. The minimum absolute atomic E-state index is 0.0140. The number of imidazole rings is 1. The summed E-state index contributed by atoms with van der Waals surface area (Å²) in [6.07, 6.45) is 7.60. The topological polar surface area (TPSA) is 74.6 Å². The van der Waals surface area contributed by atoms with Crippen LogP contribution in [0.3, 0.4) is 0 Å². The molecule has 0 fully saturated rings. The smallest absolute Gasteiger partial charge is 0.0994 e. The van der Waals surface area contributed by atoms with Gasteiger partial charge >= 0.3 is 0 Å². The number of aromatic nitrogens is 5. The molecule has 0 amide bonds. The molecule has 2 rings (SSSR count). The fraction of sp³-hybridized carbons (Fsp3) is 0.583. The molecule has 0 saturated heterocycles. The largest absolute Gasteiger partial charge is 0.333 e. The molecule has 0 aliphatic carbocycles.